The monoisotopic (exact) mass is 516 g/mol. The first-order chi connectivity index (χ1) is 17.3. The van der Waals surface area contributed by atoms with Crippen molar-refractivity contribution in [2.45, 2.75) is 103 Å². The first-order valence-corrected chi connectivity index (χ1v) is 13.7. The lowest BCUT2D eigenvalue weighted by molar-refractivity contribution is -0.231. The van der Waals surface area contributed by atoms with Gasteiger partial charge in [-0.05, 0) is 97.0 Å². The molecule has 3 fully saturated rings. The molecule has 0 aromatic rings. The number of ether oxygens (including phenoxy) is 2. The molecule has 1 saturated heterocycles. The summed E-state index contributed by atoms with van der Waals surface area (Å²) in [6.07, 6.45) is 10.8. The van der Waals surface area contributed by atoms with Crippen LogP contribution >= 0.6 is 0 Å². The van der Waals surface area contributed by atoms with Crippen LogP contribution in [0.5, 0.6) is 0 Å². The quantitative estimate of drug-likeness (QED) is 0.172. The number of methoxy groups -OCH3 is 1. The molecule has 3 N–H and O–H groups in total. The molecule has 6 nitrogen and oxygen atoms in total. The number of carbonyl (C=O) groups excluding carboxylic acids is 1. The summed E-state index contributed by atoms with van der Waals surface area (Å²) >= 11 is 0. The van der Waals surface area contributed by atoms with Gasteiger partial charge in [-0.3, -0.25) is 4.79 Å². The normalized spacial score (nSPS) is 42.1. The van der Waals surface area contributed by atoms with Gasteiger partial charge in [0, 0.05) is 19.6 Å². The second-order valence-electron chi connectivity index (χ2n) is 12.1. The summed E-state index contributed by atoms with van der Waals surface area (Å²) in [6, 6.07) is 0. The smallest absolute Gasteiger partial charge is 0.166 e. The van der Waals surface area contributed by atoms with E-state index in [-0.39, 0.29) is 30.5 Å². The van der Waals surface area contributed by atoms with E-state index < -0.39 is 22.9 Å². The molecule has 0 bridgehead atoms. The third-order valence-electron chi connectivity index (χ3n) is 9.49. The van der Waals surface area contributed by atoms with Gasteiger partial charge in [-0.25, -0.2) is 0 Å². The topological polar surface area (TPSA) is 96.2 Å². The highest BCUT2D eigenvalue weighted by atomic mass is 16.7. The van der Waals surface area contributed by atoms with E-state index in [2.05, 4.69) is 24.8 Å². The van der Waals surface area contributed by atoms with Gasteiger partial charge in [0.05, 0.1) is 22.7 Å². The van der Waals surface area contributed by atoms with Gasteiger partial charge in [0.25, 0.3) is 0 Å². The number of carbonyl (C=O) groups is 1. The zero-order valence-corrected chi connectivity index (χ0v) is 23.6. The first kappa shape index (κ1) is 30.0. The van der Waals surface area contributed by atoms with E-state index in [1.54, 1.807) is 7.11 Å². The van der Waals surface area contributed by atoms with E-state index in [9.17, 15) is 20.1 Å². The lowest BCUT2D eigenvalue weighted by atomic mass is 9.53. The van der Waals surface area contributed by atoms with Crippen molar-refractivity contribution in [2.24, 2.45) is 23.2 Å². The minimum absolute atomic E-state index is 0.0110. The number of aliphatic hydroxyl groups excluding tert-OH is 1. The van der Waals surface area contributed by atoms with Crippen LogP contribution in [0.3, 0.4) is 0 Å². The predicted molar refractivity (Wildman–Crippen MR) is 146 cm³/mol. The molecule has 0 amide bonds. The fourth-order valence-corrected chi connectivity index (χ4v) is 7.37. The highest BCUT2D eigenvalue weighted by molar-refractivity contribution is 5.74. The molecule has 37 heavy (non-hydrogen) atoms. The number of hydrogen-bond donors (Lipinski definition) is 3. The van der Waals surface area contributed by atoms with Crippen LogP contribution in [0.1, 0.15) is 79.6 Å². The highest BCUT2D eigenvalue weighted by Gasteiger charge is 2.64. The Morgan fingerprint density at radius 2 is 1.92 bits per heavy atom. The summed E-state index contributed by atoms with van der Waals surface area (Å²) in [5, 5.41) is 32.3. The molecule has 0 radical (unpaired) electrons. The van der Waals surface area contributed by atoms with Gasteiger partial charge in [0.2, 0.25) is 0 Å². The lowest BCUT2D eigenvalue weighted by Gasteiger charge is -2.54. The van der Waals surface area contributed by atoms with Crippen LogP contribution in [0.15, 0.2) is 47.1 Å². The zero-order valence-electron chi connectivity index (χ0n) is 23.6. The molecule has 2 aliphatic carbocycles. The number of aldehydes is 1. The predicted octanol–water partition coefficient (Wildman–Crippen LogP) is 5.04. The second-order valence-corrected chi connectivity index (χ2v) is 12.1. The third-order valence-corrected chi connectivity index (χ3v) is 9.49. The van der Waals surface area contributed by atoms with Crippen LogP contribution in [0.4, 0.5) is 0 Å². The minimum atomic E-state index is -1.07. The van der Waals surface area contributed by atoms with E-state index in [0.29, 0.717) is 37.7 Å². The minimum Gasteiger partial charge on any atom is -0.396 e. The molecule has 1 aliphatic heterocycles. The molecule has 0 aromatic carbocycles. The molecule has 3 rings (SSSR count). The molecular weight excluding hydrogens is 468 g/mol. The number of allylic oxidation sites excluding steroid dienone is 5. The fraction of sp³-hybridized carbons (Fsp3) is 0.710. The van der Waals surface area contributed by atoms with Crippen molar-refractivity contribution in [1.29, 1.82) is 0 Å². The first-order valence-electron chi connectivity index (χ1n) is 13.7. The van der Waals surface area contributed by atoms with E-state index in [1.165, 1.54) is 0 Å². The van der Waals surface area contributed by atoms with Gasteiger partial charge in [-0.1, -0.05) is 41.5 Å². The summed E-state index contributed by atoms with van der Waals surface area (Å²) in [4.78, 5) is 11.8. The van der Waals surface area contributed by atoms with Crippen molar-refractivity contribution in [1.82, 2.24) is 0 Å². The van der Waals surface area contributed by atoms with Crippen molar-refractivity contribution in [3.05, 3.63) is 47.1 Å². The van der Waals surface area contributed by atoms with Crippen molar-refractivity contribution in [3.63, 3.8) is 0 Å². The molecule has 208 valence electrons. The standard InChI is InChI=1S/C31H48O6/c1-20(2)24-12-14-29(5,34)26(24)11-10-21(3)17-23-18-31(28(36-7)37-23)27(9-8-16-32)25(22(4)19-33)13-15-30(31,6)35/h10-11,17,19,23-24,26-28,32,34-35H,1,8-9,12-16,18H2,2-7H3/b11-10+,21-17+,25-22-/t23-,24-,26-,27-,28-,29-,30+,31+/m1/s1. The van der Waals surface area contributed by atoms with Crippen molar-refractivity contribution >= 4 is 6.29 Å². The Balaban J connectivity index is 1.94. The summed E-state index contributed by atoms with van der Waals surface area (Å²) in [5.41, 5.74) is 1.28. The number of hydrogen-bond acceptors (Lipinski definition) is 6. The third kappa shape index (κ3) is 5.74. The van der Waals surface area contributed by atoms with E-state index in [0.717, 1.165) is 35.8 Å². The zero-order chi connectivity index (χ0) is 27.6. The molecule has 6 heteroatoms. The van der Waals surface area contributed by atoms with Crippen LogP contribution in [0.2, 0.25) is 0 Å². The maximum atomic E-state index is 11.8. The van der Waals surface area contributed by atoms with Crippen LogP contribution in [0.25, 0.3) is 0 Å². The maximum absolute atomic E-state index is 11.8. The van der Waals surface area contributed by atoms with Crippen LogP contribution < -0.4 is 0 Å². The molecule has 0 aromatic heterocycles. The molecule has 1 spiro atoms. The van der Waals surface area contributed by atoms with Crippen molar-refractivity contribution < 1.29 is 29.6 Å². The van der Waals surface area contributed by atoms with Crippen LogP contribution in [-0.4, -0.2) is 58.9 Å². The average molecular weight is 517 g/mol. The summed E-state index contributed by atoms with van der Waals surface area (Å²) < 4.78 is 12.3. The molecular formula is C31H48O6. The molecule has 8 atom stereocenters. The van der Waals surface area contributed by atoms with Gasteiger partial charge in [0.1, 0.15) is 6.29 Å². The molecule has 1 heterocycles. The van der Waals surface area contributed by atoms with Gasteiger partial charge < -0.3 is 24.8 Å². The SMILES string of the molecule is C=C(C)[C@H]1CC[C@@](C)(O)[C@@H]1/C=C/C(C)=C/[C@@H]1C[C@@]2([C@H](OC)O1)[C@H](CCCO)/C(=C(/C)C=O)CC[C@]2(C)O. The lowest BCUT2D eigenvalue weighted by Crippen LogP contribution is -2.59. The summed E-state index contributed by atoms with van der Waals surface area (Å²) in [5.74, 6) is 0.133. The molecule has 3 aliphatic rings. The van der Waals surface area contributed by atoms with Gasteiger partial charge in [0.15, 0.2) is 6.29 Å². The Morgan fingerprint density at radius 1 is 1.22 bits per heavy atom. The fourth-order valence-electron chi connectivity index (χ4n) is 7.37. The summed E-state index contributed by atoms with van der Waals surface area (Å²) in [7, 11) is 1.61. The maximum Gasteiger partial charge on any atom is 0.166 e. The average Bonchev–Trinajstić information content (AvgIpc) is 3.35. The Bertz CT molecular complexity index is 941. The van der Waals surface area contributed by atoms with Gasteiger partial charge >= 0.3 is 0 Å². The largest absolute Gasteiger partial charge is 0.396 e. The second kappa shape index (κ2) is 11.7. The van der Waals surface area contributed by atoms with Crippen molar-refractivity contribution in [2.75, 3.05) is 13.7 Å². The Labute approximate surface area is 223 Å². The van der Waals surface area contributed by atoms with Gasteiger partial charge in [-0.15, -0.1) is 0 Å². The highest BCUT2D eigenvalue weighted by Crippen LogP contribution is 2.61. The number of aliphatic hydroxyl groups is 3. The molecule has 0 unspecified atom stereocenters. The van der Waals surface area contributed by atoms with Crippen LogP contribution in [0, 0.1) is 23.2 Å². The summed E-state index contributed by atoms with van der Waals surface area (Å²) in [6.45, 7) is 13.8. The van der Waals surface area contributed by atoms with E-state index in [1.807, 2.05) is 34.6 Å². The number of rotatable bonds is 9. The van der Waals surface area contributed by atoms with Gasteiger partial charge in [-0.2, -0.15) is 0 Å². The van der Waals surface area contributed by atoms with Crippen molar-refractivity contribution in [3.8, 4) is 0 Å². The Hall–Kier alpha value is -1.57. The van der Waals surface area contributed by atoms with Crippen LogP contribution in [-0.2, 0) is 14.3 Å². The Kier molecular flexibility index (Phi) is 9.45. The van der Waals surface area contributed by atoms with E-state index in [4.69, 9.17) is 9.47 Å². The van der Waals surface area contributed by atoms with E-state index >= 15 is 0 Å². The Morgan fingerprint density at radius 3 is 2.51 bits per heavy atom. The molecule has 2 saturated carbocycles.